The quantitative estimate of drug-likeness (QED) is 0.829. The zero-order valence-electron chi connectivity index (χ0n) is 9.72. The molecule has 0 saturated carbocycles. The number of nitrogens with one attached hydrogen (secondary N) is 1. The molecule has 1 aromatic rings. The van der Waals surface area contributed by atoms with Gasteiger partial charge in [0.2, 0.25) is 0 Å². The van der Waals surface area contributed by atoms with Gasteiger partial charge in [-0.3, -0.25) is 0 Å². The monoisotopic (exact) mass is 212 g/mol. The number of aryl methyl sites for hydroxylation is 2. The summed E-state index contributed by atoms with van der Waals surface area (Å²) >= 11 is 1.82. The Morgan fingerprint density at radius 2 is 2.07 bits per heavy atom. The summed E-state index contributed by atoms with van der Waals surface area (Å²) in [5, 5.41) is 4.56. The first-order valence-corrected chi connectivity index (χ1v) is 6.03. The van der Waals surface area contributed by atoms with Gasteiger partial charge >= 0.3 is 0 Å². The van der Waals surface area contributed by atoms with Crippen LogP contribution in [0.1, 0.15) is 41.9 Å². The van der Waals surface area contributed by atoms with Gasteiger partial charge in [0, 0.05) is 10.9 Å². The van der Waals surface area contributed by atoms with E-state index >= 15 is 0 Å². The summed E-state index contributed by atoms with van der Waals surface area (Å²) in [6, 6.07) is 0.464. The topological polar surface area (TPSA) is 24.9 Å². The van der Waals surface area contributed by atoms with Gasteiger partial charge < -0.3 is 5.32 Å². The second kappa shape index (κ2) is 4.89. The van der Waals surface area contributed by atoms with Crippen molar-refractivity contribution in [1.82, 2.24) is 10.3 Å². The molecule has 0 spiro atoms. The molecule has 1 heterocycles. The normalized spacial score (nSPS) is 15.5. The van der Waals surface area contributed by atoms with Crippen LogP contribution in [0.5, 0.6) is 0 Å². The van der Waals surface area contributed by atoms with Crippen molar-refractivity contribution in [2.45, 2.75) is 40.2 Å². The molecule has 0 bridgehead atoms. The third-order valence-corrected chi connectivity index (χ3v) is 3.90. The molecular weight excluding hydrogens is 192 g/mol. The zero-order valence-corrected chi connectivity index (χ0v) is 10.5. The molecule has 0 radical (unpaired) electrons. The highest BCUT2D eigenvalue weighted by atomic mass is 32.1. The maximum atomic E-state index is 4.48. The van der Waals surface area contributed by atoms with Crippen molar-refractivity contribution in [3.8, 4) is 0 Å². The van der Waals surface area contributed by atoms with Crippen molar-refractivity contribution in [3.05, 3.63) is 15.6 Å². The van der Waals surface area contributed by atoms with Crippen LogP contribution in [0.2, 0.25) is 0 Å². The molecule has 14 heavy (non-hydrogen) atoms. The molecule has 1 rings (SSSR count). The fourth-order valence-corrected chi connectivity index (χ4v) is 2.92. The van der Waals surface area contributed by atoms with Crippen molar-refractivity contribution in [2.75, 3.05) is 7.05 Å². The van der Waals surface area contributed by atoms with E-state index in [0.29, 0.717) is 12.0 Å². The fourth-order valence-electron chi connectivity index (χ4n) is 1.75. The van der Waals surface area contributed by atoms with Crippen molar-refractivity contribution in [1.29, 1.82) is 0 Å². The van der Waals surface area contributed by atoms with Crippen LogP contribution >= 0.6 is 11.3 Å². The van der Waals surface area contributed by atoms with Crippen LogP contribution in [0.15, 0.2) is 0 Å². The lowest BCUT2D eigenvalue weighted by molar-refractivity contribution is 0.404. The van der Waals surface area contributed by atoms with Gasteiger partial charge in [0.05, 0.1) is 10.7 Å². The Bertz CT molecular complexity index is 293. The van der Waals surface area contributed by atoms with Crippen LogP contribution in [-0.2, 0) is 0 Å². The molecule has 0 amide bonds. The van der Waals surface area contributed by atoms with Crippen LogP contribution in [-0.4, -0.2) is 12.0 Å². The van der Waals surface area contributed by atoms with Crippen molar-refractivity contribution >= 4 is 11.3 Å². The minimum absolute atomic E-state index is 0.464. The Hall–Kier alpha value is -0.410. The van der Waals surface area contributed by atoms with Gasteiger partial charge in [-0.2, -0.15) is 0 Å². The Kier molecular flexibility index (Phi) is 4.08. The minimum Gasteiger partial charge on any atom is -0.312 e. The lowest BCUT2D eigenvalue weighted by Crippen LogP contribution is -2.22. The van der Waals surface area contributed by atoms with E-state index in [0.717, 1.165) is 0 Å². The van der Waals surface area contributed by atoms with E-state index in [-0.39, 0.29) is 0 Å². The van der Waals surface area contributed by atoms with Gasteiger partial charge in [0.25, 0.3) is 0 Å². The smallest absolute Gasteiger partial charge is 0.0900 e. The largest absolute Gasteiger partial charge is 0.312 e. The van der Waals surface area contributed by atoms with Gasteiger partial charge in [-0.05, 0) is 26.8 Å². The maximum absolute atomic E-state index is 4.48. The van der Waals surface area contributed by atoms with E-state index in [1.165, 1.54) is 22.0 Å². The number of hydrogen-bond donors (Lipinski definition) is 1. The lowest BCUT2D eigenvalue weighted by atomic mass is 9.97. The summed E-state index contributed by atoms with van der Waals surface area (Å²) in [6.45, 7) is 8.70. The molecule has 1 aromatic heterocycles. The van der Waals surface area contributed by atoms with Gasteiger partial charge in [0.15, 0.2) is 0 Å². The summed E-state index contributed by atoms with van der Waals surface area (Å²) in [6.07, 6.45) is 1.20. The summed E-state index contributed by atoms with van der Waals surface area (Å²) in [7, 11) is 2.03. The Labute approximate surface area is 90.8 Å². The van der Waals surface area contributed by atoms with Crippen molar-refractivity contribution in [3.63, 3.8) is 0 Å². The highest BCUT2D eigenvalue weighted by Crippen LogP contribution is 2.30. The number of thiazole rings is 1. The number of nitrogens with zero attached hydrogens (tertiary/aromatic N) is 1. The van der Waals surface area contributed by atoms with Crippen LogP contribution in [0.3, 0.4) is 0 Å². The molecule has 0 saturated heterocycles. The fraction of sp³-hybridized carbons (Fsp3) is 0.727. The van der Waals surface area contributed by atoms with E-state index in [1.807, 2.05) is 18.4 Å². The Balaban J connectivity index is 2.94. The first kappa shape index (κ1) is 11.7. The van der Waals surface area contributed by atoms with Crippen LogP contribution in [0.4, 0.5) is 0 Å². The molecule has 0 aromatic carbocycles. The molecule has 2 unspecified atom stereocenters. The average Bonchev–Trinajstić information content (AvgIpc) is 2.47. The highest BCUT2D eigenvalue weighted by molar-refractivity contribution is 7.11. The molecular formula is C11H20N2S. The second-order valence-corrected chi connectivity index (χ2v) is 5.07. The predicted molar refractivity (Wildman–Crippen MR) is 62.8 cm³/mol. The van der Waals surface area contributed by atoms with E-state index in [9.17, 15) is 0 Å². The molecule has 3 heteroatoms. The first-order valence-electron chi connectivity index (χ1n) is 5.21. The van der Waals surface area contributed by atoms with Gasteiger partial charge in [-0.25, -0.2) is 4.98 Å². The van der Waals surface area contributed by atoms with Crippen molar-refractivity contribution < 1.29 is 0 Å². The van der Waals surface area contributed by atoms with Gasteiger partial charge in [-0.1, -0.05) is 20.3 Å². The van der Waals surface area contributed by atoms with E-state index in [4.69, 9.17) is 0 Å². The highest BCUT2D eigenvalue weighted by Gasteiger charge is 2.20. The summed E-state index contributed by atoms with van der Waals surface area (Å²) in [4.78, 5) is 5.88. The lowest BCUT2D eigenvalue weighted by Gasteiger charge is -2.21. The van der Waals surface area contributed by atoms with E-state index in [1.54, 1.807) is 0 Å². The van der Waals surface area contributed by atoms with Crippen LogP contribution in [0, 0.1) is 19.8 Å². The zero-order chi connectivity index (χ0) is 10.7. The van der Waals surface area contributed by atoms with Crippen LogP contribution in [0.25, 0.3) is 0 Å². The molecule has 0 aliphatic rings. The maximum Gasteiger partial charge on any atom is 0.0900 e. The van der Waals surface area contributed by atoms with Gasteiger partial charge in [-0.15, -0.1) is 11.3 Å². The summed E-state index contributed by atoms with van der Waals surface area (Å²) < 4.78 is 0. The molecule has 0 fully saturated rings. The van der Waals surface area contributed by atoms with Gasteiger partial charge in [0.1, 0.15) is 0 Å². The molecule has 2 nitrogen and oxygen atoms in total. The average molecular weight is 212 g/mol. The molecule has 1 N–H and O–H groups in total. The minimum atomic E-state index is 0.464. The molecule has 0 aliphatic carbocycles. The summed E-state index contributed by atoms with van der Waals surface area (Å²) in [5.41, 5.74) is 1.19. The molecule has 2 atom stereocenters. The summed E-state index contributed by atoms with van der Waals surface area (Å²) in [5.74, 6) is 0.665. The Morgan fingerprint density at radius 1 is 1.43 bits per heavy atom. The van der Waals surface area contributed by atoms with Crippen LogP contribution < -0.4 is 5.32 Å². The predicted octanol–water partition coefficient (Wildman–Crippen LogP) is 3.07. The van der Waals surface area contributed by atoms with E-state index < -0.39 is 0 Å². The third-order valence-electron chi connectivity index (χ3n) is 2.75. The molecule has 80 valence electrons. The number of hydrogen-bond acceptors (Lipinski definition) is 3. The Morgan fingerprint density at radius 3 is 2.43 bits per heavy atom. The SMILES string of the molecule is CCC(C)C(NC)c1sc(C)nc1C. The number of rotatable bonds is 4. The third kappa shape index (κ3) is 2.34. The number of aromatic nitrogens is 1. The second-order valence-electron chi connectivity index (χ2n) is 3.83. The first-order chi connectivity index (χ1) is 6.60. The standard InChI is InChI=1S/C11H20N2S/c1-6-7(2)10(12-5)11-8(3)13-9(4)14-11/h7,10,12H,6H2,1-5H3. The molecule has 0 aliphatic heterocycles. The van der Waals surface area contributed by atoms with E-state index in [2.05, 4.69) is 38.0 Å². The van der Waals surface area contributed by atoms with Crippen molar-refractivity contribution in [2.24, 2.45) is 5.92 Å².